The van der Waals surface area contributed by atoms with Crippen molar-refractivity contribution >= 4 is 39.5 Å². The SMILES string of the molecule is CCCCCCCCCCCCCCCCCC(=O)OC[C@H](COP(=O)(O)OC[C@@H](O)COP(=O)(O)OC[C@@H](COC(=O)CCCCCCCCCCCC)OC(=O)CCCCCCCCCCCC)OC(=O)CCCCCCCCCCCCCCCCCC(C)C. The van der Waals surface area contributed by atoms with Crippen LogP contribution in [-0.2, 0) is 65.4 Å². The number of hydrogen-bond donors (Lipinski definition) is 3. The second-order valence-corrected chi connectivity index (χ2v) is 30.1. The van der Waals surface area contributed by atoms with Crippen molar-refractivity contribution in [3.05, 3.63) is 0 Å². The summed E-state index contributed by atoms with van der Waals surface area (Å²) in [5.74, 6) is -1.31. The number of aliphatic hydroxyl groups is 1. The Hall–Kier alpha value is -1.94. The van der Waals surface area contributed by atoms with E-state index in [0.29, 0.717) is 25.7 Å². The number of ether oxygens (including phenoxy) is 4. The summed E-state index contributed by atoms with van der Waals surface area (Å²) >= 11 is 0. The van der Waals surface area contributed by atoms with Gasteiger partial charge in [-0.05, 0) is 31.6 Å². The third-order valence-corrected chi connectivity index (χ3v) is 19.2. The van der Waals surface area contributed by atoms with Gasteiger partial charge in [-0.2, -0.15) is 0 Å². The van der Waals surface area contributed by atoms with Crippen LogP contribution in [0, 0.1) is 5.92 Å². The number of carbonyl (C=O) groups excluding carboxylic acids is 4. The predicted octanol–water partition coefficient (Wildman–Crippen LogP) is 21.7. The van der Waals surface area contributed by atoms with Crippen LogP contribution in [0.2, 0.25) is 0 Å². The molecule has 0 aromatic heterocycles. The molecule has 19 heteroatoms. The van der Waals surface area contributed by atoms with E-state index in [1.807, 2.05) is 0 Å². The molecule has 0 fully saturated rings. The maximum absolute atomic E-state index is 13.1. The molecule has 0 rings (SSSR count). The zero-order chi connectivity index (χ0) is 68.4. The molecule has 3 N–H and O–H groups in total. The molecule has 0 heterocycles. The Bertz CT molecular complexity index is 1790. The summed E-state index contributed by atoms with van der Waals surface area (Å²) < 4.78 is 68.4. The minimum atomic E-state index is -4.95. The van der Waals surface area contributed by atoms with Crippen LogP contribution in [0.25, 0.3) is 0 Å². The normalized spacial score (nSPS) is 14.0. The number of esters is 4. The van der Waals surface area contributed by atoms with E-state index in [4.69, 9.17) is 37.0 Å². The Morgan fingerprint density at radius 1 is 0.290 bits per heavy atom. The molecule has 5 atom stereocenters. The van der Waals surface area contributed by atoms with E-state index in [0.717, 1.165) is 95.8 Å². The number of unbranched alkanes of at least 4 members (excludes halogenated alkanes) is 46. The summed E-state index contributed by atoms with van der Waals surface area (Å²) in [6, 6.07) is 0. The predicted molar refractivity (Wildman–Crippen MR) is 377 cm³/mol. The summed E-state index contributed by atoms with van der Waals surface area (Å²) in [6.45, 7) is 7.29. The van der Waals surface area contributed by atoms with Crippen LogP contribution in [0.5, 0.6) is 0 Å². The van der Waals surface area contributed by atoms with E-state index in [9.17, 15) is 43.2 Å². The van der Waals surface area contributed by atoms with Crippen molar-refractivity contribution < 1.29 is 80.2 Å². The van der Waals surface area contributed by atoms with Crippen LogP contribution in [-0.4, -0.2) is 96.7 Å². The molecule has 0 aliphatic rings. The molecule has 0 spiro atoms. The van der Waals surface area contributed by atoms with Crippen LogP contribution in [0.4, 0.5) is 0 Å². The summed E-state index contributed by atoms with van der Waals surface area (Å²) in [7, 11) is -9.90. The first-order chi connectivity index (χ1) is 45.0. The average Bonchev–Trinajstić information content (AvgIpc) is 1.94. The third kappa shape index (κ3) is 68.4. The average molecular weight is 1370 g/mol. The van der Waals surface area contributed by atoms with Crippen LogP contribution in [0.3, 0.4) is 0 Å². The zero-order valence-corrected chi connectivity index (χ0v) is 62.2. The van der Waals surface area contributed by atoms with E-state index in [-0.39, 0.29) is 25.7 Å². The Morgan fingerprint density at radius 2 is 0.495 bits per heavy atom. The summed E-state index contributed by atoms with van der Waals surface area (Å²) in [6.07, 6.45) is 55.4. The molecule has 2 unspecified atom stereocenters. The maximum atomic E-state index is 13.1. The van der Waals surface area contributed by atoms with Crippen molar-refractivity contribution in [2.45, 2.75) is 406 Å². The van der Waals surface area contributed by atoms with E-state index < -0.39 is 97.5 Å². The molecule has 0 aliphatic carbocycles. The third-order valence-electron chi connectivity index (χ3n) is 17.3. The highest BCUT2D eigenvalue weighted by molar-refractivity contribution is 7.47. The van der Waals surface area contributed by atoms with Crippen LogP contribution >= 0.6 is 15.6 Å². The largest absolute Gasteiger partial charge is 0.472 e. The number of aliphatic hydroxyl groups excluding tert-OH is 1. The first-order valence-electron chi connectivity index (χ1n) is 38.6. The second-order valence-electron chi connectivity index (χ2n) is 27.2. The molecule has 17 nitrogen and oxygen atoms in total. The van der Waals surface area contributed by atoms with Crippen LogP contribution in [0.15, 0.2) is 0 Å². The highest BCUT2D eigenvalue weighted by Crippen LogP contribution is 2.45. The first kappa shape index (κ1) is 91.1. The van der Waals surface area contributed by atoms with Crippen molar-refractivity contribution in [1.29, 1.82) is 0 Å². The Labute approximate surface area is 568 Å². The molecular weight excluding hydrogens is 1220 g/mol. The number of hydrogen-bond acceptors (Lipinski definition) is 15. The monoisotopic (exact) mass is 1370 g/mol. The number of rotatable bonds is 74. The van der Waals surface area contributed by atoms with Crippen molar-refractivity contribution in [2.75, 3.05) is 39.6 Å². The first-order valence-corrected chi connectivity index (χ1v) is 41.6. The minimum absolute atomic E-state index is 0.107. The highest BCUT2D eigenvalue weighted by atomic mass is 31.2. The van der Waals surface area contributed by atoms with Crippen LogP contribution < -0.4 is 0 Å². The van der Waals surface area contributed by atoms with Crippen molar-refractivity contribution in [3.8, 4) is 0 Å². The Morgan fingerprint density at radius 3 is 0.731 bits per heavy atom. The van der Waals surface area contributed by atoms with Crippen molar-refractivity contribution in [2.24, 2.45) is 5.92 Å². The van der Waals surface area contributed by atoms with Crippen molar-refractivity contribution in [1.82, 2.24) is 0 Å². The molecular formula is C74H144O17P2. The molecule has 0 aromatic carbocycles. The van der Waals surface area contributed by atoms with Gasteiger partial charge in [-0.1, -0.05) is 336 Å². The molecule has 0 radical (unpaired) electrons. The zero-order valence-electron chi connectivity index (χ0n) is 60.4. The van der Waals surface area contributed by atoms with Gasteiger partial charge in [-0.3, -0.25) is 37.3 Å². The van der Waals surface area contributed by atoms with Gasteiger partial charge in [0, 0.05) is 25.7 Å². The molecule has 552 valence electrons. The van der Waals surface area contributed by atoms with Gasteiger partial charge >= 0.3 is 39.5 Å². The maximum Gasteiger partial charge on any atom is 0.472 e. The number of phosphoric ester groups is 2. The lowest BCUT2D eigenvalue weighted by Crippen LogP contribution is -2.30. The van der Waals surface area contributed by atoms with E-state index in [1.165, 1.54) is 212 Å². The molecule has 0 aliphatic heterocycles. The quantitative estimate of drug-likeness (QED) is 0.0222. The summed E-state index contributed by atoms with van der Waals surface area (Å²) in [5, 5.41) is 10.6. The van der Waals surface area contributed by atoms with Crippen LogP contribution in [0.1, 0.15) is 388 Å². The standard InChI is InChI=1S/C74H144O17P2/c1-6-9-12-15-18-21-24-25-27-31-34-39-43-48-53-58-72(77)85-64-70(91-74(79)60-55-50-45-40-35-32-29-26-28-30-33-36-41-46-51-56-67(4)5)66-89-93(82,83)87-62-68(75)61-86-92(80,81)88-65-69(90-73(78)59-54-49-44-38-23-20-17-14-11-8-3)63-84-71(76)57-52-47-42-37-22-19-16-13-10-7-2/h67-70,75H,6-66H2,1-5H3,(H,80,81)(H,82,83)/t68-,69+,70+/m0/s1. The van der Waals surface area contributed by atoms with Gasteiger partial charge < -0.3 is 33.8 Å². The van der Waals surface area contributed by atoms with Gasteiger partial charge in [-0.25, -0.2) is 9.13 Å². The molecule has 0 bridgehead atoms. The van der Waals surface area contributed by atoms with Gasteiger partial charge in [0.05, 0.1) is 26.4 Å². The van der Waals surface area contributed by atoms with Gasteiger partial charge in [0.2, 0.25) is 0 Å². The smallest absolute Gasteiger partial charge is 0.462 e. The number of carbonyl (C=O) groups is 4. The highest BCUT2D eigenvalue weighted by Gasteiger charge is 2.30. The molecule has 93 heavy (non-hydrogen) atoms. The topological polar surface area (TPSA) is 237 Å². The Kier molecular flexibility index (Phi) is 65.9. The lowest BCUT2D eigenvalue weighted by atomic mass is 10.0. The molecule has 0 saturated heterocycles. The van der Waals surface area contributed by atoms with E-state index >= 15 is 0 Å². The van der Waals surface area contributed by atoms with Gasteiger partial charge in [-0.15, -0.1) is 0 Å². The molecule has 0 saturated carbocycles. The fourth-order valence-electron chi connectivity index (χ4n) is 11.4. The van der Waals surface area contributed by atoms with Gasteiger partial charge in [0.15, 0.2) is 12.2 Å². The fraction of sp³-hybridized carbons (Fsp3) is 0.946. The van der Waals surface area contributed by atoms with E-state index in [1.54, 1.807) is 0 Å². The minimum Gasteiger partial charge on any atom is -0.462 e. The lowest BCUT2D eigenvalue weighted by molar-refractivity contribution is -0.161. The van der Waals surface area contributed by atoms with E-state index in [2.05, 4.69) is 34.6 Å². The number of phosphoric acid groups is 2. The fourth-order valence-corrected chi connectivity index (χ4v) is 12.9. The van der Waals surface area contributed by atoms with Gasteiger partial charge in [0.1, 0.15) is 19.3 Å². The van der Waals surface area contributed by atoms with Crippen molar-refractivity contribution in [3.63, 3.8) is 0 Å². The molecule has 0 amide bonds. The Balaban J connectivity index is 5.22. The lowest BCUT2D eigenvalue weighted by Gasteiger charge is -2.21. The molecule has 0 aromatic rings. The summed E-state index contributed by atoms with van der Waals surface area (Å²) in [5.41, 5.74) is 0. The van der Waals surface area contributed by atoms with Gasteiger partial charge in [0.25, 0.3) is 0 Å². The second kappa shape index (κ2) is 67.3. The summed E-state index contributed by atoms with van der Waals surface area (Å²) in [4.78, 5) is 72.7.